The van der Waals surface area contributed by atoms with E-state index >= 15 is 0 Å². The Balaban J connectivity index is 1.52. The third kappa shape index (κ3) is 7.09. The summed E-state index contributed by atoms with van der Waals surface area (Å²) in [4.78, 5) is 0. The Morgan fingerprint density at radius 2 is 1.21 bits per heavy atom. The van der Waals surface area contributed by atoms with E-state index in [9.17, 15) is 5.11 Å². The van der Waals surface area contributed by atoms with Crippen molar-refractivity contribution in [2.45, 2.75) is 24.7 Å². The van der Waals surface area contributed by atoms with E-state index in [0.29, 0.717) is 26.2 Å². The van der Waals surface area contributed by atoms with Crippen LogP contribution in [0.25, 0.3) is 0 Å². The molecule has 0 heterocycles. The van der Waals surface area contributed by atoms with Gasteiger partial charge in [0.2, 0.25) is 0 Å². The minimum Gasteiger partial charge on any atom is -0.497 e. The Morgan fingerprint density at radius 1 is 0.684 bits per heavy atom. The third-order valence-corrected chi connectivity index (χ3v) is 6.48. The zero-order valence-electron chi connectivity index (χ0n) is 21.9. The molecule has 0 saturated carbocycles. The lowest BCUT2D eigenvalue weighted by Gasteiger charge is -2.37. The second-order valence-corrected chi connectivity index (χ2v) is 9.00. The van der Waals surface area contributed by atoms with Crippen molar-refractivity contribution in [3.05, 3.63) is 138 Å². The molecule has 4 aromatic carbocycles. The first-order valence-corrected chi connectivity index (χ1v) is 13.0. The molecule has 0 amide bonds. The molecular weight excluding hydrogens is 476 g/mol. The molecule has 4 aromatic rings. The lowest BCUT2D eigenvalue weighted by Crippen LogP contribution is -2.37. The van der Waals surface area contributed by atoms with Crippen LogP contribution in [0.4, 0.5) is 0 Å². The molecule has 0 aromatic heterocycles. The summed E-state index contributed by atoms with van der Waals surface area (Å²) in [5, 5.41) is 9.43. The molecule has 1 N–H and O–H groups in total. The molecule has 38 heavy (non-hydrogen) atoms. The maximum absolute atomic E-state index is 9.43. The van der Waals surface area contributed by atoms with Crippen LogP contribution < -0.4 is 4.74 Å². The zero-order chi connectivity index (χ0) is 26.5. The van der Waals surface area contributed by atoms with E-state index in [1.807, 2.05) is 78.9 Å². The molecule has 5 heteroatoms. The SMILES string of the molecule is COc1ccc(COCCC(COC(c2ccccc2)(c2ccccc2)c2ccccc2)OCCO)cc1. The molecule has 0 aliphatic heterocycles. The number of aliphatic hydroxyl groups excluding tert-OH is 1. The van der Waals surface area contributed by atoms with Crippen LogP contribution in [0.3, 0.4) is 0 Å². The van der Waals surface area contributed by atoms with E-state index in [0.717, 1.165) is 28.0 Å². The van der Waals surface area contributed by atoms with Crippen molar-refractivity contribution in [2.24, 2.45) is 0 Å². The van der Waals surface area contributed by atoms with Gasteiger partial charge in [-0.1, -0.05) is 103 Å². The van der Waals surface area contributed by atoms with Gasteiger partial charge in [-0.15, -0.1) is 0 Å². The predicted octanol–water partition coefficient (Wildman–Crippen LogP) is 5.99. The number of benzene rings is 4. The fourth-order valence-electron chi connectivity index (χ4n) is 4.55. The van der Waals surface area contributed by atoms with Crippen molar-refractivity contribution >= 4 is 0 Å². The molecule has 0 aliphatic rings. The quantitative estimate of drug-likeness (QED) is 0.157. The first-order chi connectivity index (χ1) is 18.8. The molecule has 0 bridgehead atoms. The number of ether oxygens (including phenoxy) is 4. The Labute approximate surface area is 225 Å². The number of aliphatic hydroxyl groups is 1. The topological polar surface area (TPSA) is 57.2 Å². The number of rotatable bonds is 15. The maximum Gasteiger partial charge on any atom is 0.143 e. The monoisotopic (exact) mass is 512 g/mol. The summed E-state index contributed by atoms with van der Waals surface area (Å²) in [6, 6.07) is 38.7. The van der Waals surface area contributed by atoms with Crippen LogP contribution in [0.5, 0.6) is 5.75 Å². The fourth-order valence-corrected chi connectivity index (χ4v) is 4.55. The Hall–Kier alpha value is -3.48. The van der Waals surface area contributed by atoms with E-state index in [1.54, 1.807) is 7.11 Å². The van der Waals surface area contributed by atoms with Gasteiger partial charge in [0.25, 0.3) is 0 Å². The molecule has 1 unspecified atom stereocenters. The molecule has 5 nitrogen and oxygen atoms in total. The molecule has 4 rings (SSSR count). The van der Waals surface area contributed by atoms with Crippen LogP contribution in [-0.2, 0) is 26.4 Å². The van der Waals surface area contributed by atoms with Gasteiger partial charge in [0.15, 0.2) is 0 Å². The van der Waals surface area contributed by atoms with Crippen LogP contribution >= 0.6 is 0 Å². The maximum atomic E-state index is 9.43. The highest BCUT2D eigenvalue weighted by Crippen LogP contribution is 2.40. The highest BCUT2D eigenvalue weighted by atomic mass is 16.5. The van der Waals surface area contributed by atoms with Crippen molar-refractivity contribution in [2.75, 3.05) is 33.5 Å². The minimum atomic E-state index is -0.825. The van der Waals surface area contributed by atoms with Crippen LogP contribution in [0.15, 0.2) is 115 Å². The van der Waals surface area contributed by atoms with Gasteiger partial charge in [0, 0.05) is 6.61 Å². The van der Waals surface area contributed by atoms with Gasteiger partial charge < -0.3 is 24.1 Å². The number of hydrogen-bond acceptors (Lipinski definition) is 5. The van der Waals surface area contributed by atoms with Crippen LogP contribution in [0, 0.1) is 0 Å². The lowest BCUT2D eigenvalue weighted by molar-refractivity contribution is -0.0796. The largest absolute Gasteiger partial charge is 0.497 e. The summed E-state index contributed by atoms with van der Waals surface area (Å²) in [6.45, 7) is 1.51. The highest BCUT2D eigenvalue weighted by molar-refractivity contribution is 5.47. The van der Waals surface area contributed by atoms with Gasteiger partial charge in [0.05, 0.1) is 39.6 Å². The molecule has 0 radical (unpaired) electrons. The summed E-state index contributed by atoms with van der Waals surface area (Å²) in [6.07, 6.45) is 0.374. The summed E-state index contributed by atoms with van der Waals surface area (Å²) < 4.78 is 24.1. The predicted molar refractivity (Wildman–Crippen MR) is 149 cm³/mol. The van der Waals surface area contributed by atoms with E-state index in [2.05, 4.69) is 36.4 Å². The second kappa shape index (κ2) is 14.5. The first kappa shape index (κ1) is 27.6. The Kier molecular flexibility index (Phi) is 10.5. The molecule has 198 valence electrons. The van der Waals surface area contributed by atoms with E-state index in [1.165, 1.54) is 0 Å². The van der Waals surface area contributed by atoms with Crippen molar-refractivity contribution < 1.29 is 24.1 Å². The van der Waals surface area contributed by atoms with Crippen molar-refractivity contribution in [1.82, 2.24) is 0 Å². The highest BCUT2D eigenvalue weighted by Gasteiger charge is 2.38. The zero-order valence-corrected chi connectivity index (χ0v) is 21.9. The summed E-state index contributed by atoms with van der Waals surface area (Å²) in [7, 11) is 1.65. The van der Waals surface area contributed by atoms with Crippen molar-refractivity contribution in [1.29, 1.82) is 0 Å². The van der Waals surface area contributed by atoms with Crippen molar-refractivity contribution in [3.63, 3.8) is 0 Å². The molecule has 0 aliphatic carbocycles. The number of hydrogen-bond donors (Lipinski definition) is 1. The average Bonchev–Trinajstić information content (AvgIpc) is 3.00. The lowest BCUT2D eigenvalue weighted by atomic mass is 9.80. The summed E-state index contributed by atoms with van der Waals surface area (Å²) in [5.74, 6) is 0.821. The summed E-state index contributed by atoms with van der Waals surface area (Å²) in [5.41, 5.74) is 3.36. The molecular formula is C33H36O5. The Bertz CT molecular complexity index is 1080. The first-order valence-electron chi connectivity index (χ1n) is 13.0. The van der Waals surface area contributed by atoms with Crippen LogP contribution in [-0.4, -0.2) is 44.7 Å². The Morgan fingerprint density at radius 3 is 1.68 bits per heavy atom. The number of methoxy groups -OCH3 is 1. The molecule has 0 saturated heterocycles. The molecule has 0 spiro atoms. The van der Waals surface area contributed by atoms with Gasteiger partial charge in [-0.05, 0) is 40.8 Å². The summed E-state index contributed by atoms with van der Waals surface area (Å²) >= 11 is 0. The van der Waals surface area contributed by atoms with Crippen LogP contribution in [0.1, 0.15) is 28.7 Å². The third-order valence-electron chi connectivity index (χ3n) is 6.48. The van der Waals surface area contributed by atoms with E-state index in [-0.39, 0.29) is 19.3 Å². The molecule has 1 atom stereocenters. The normalized spacial score (nSPS) is 12.3. The van der Waals surface area contributed by atoms with E-state index < -0.39 is 5.60 Å². The van der Waals surface area contributed by atoms with Gasteiger partial charge in [-0.3, -0.25) is 0 Å². The van der Waals surface area contributed by atoms with Gasteiger partial charge in [-0.25, -0.2) is 0 Å². The van der Waals surface area contributed by atoms with Gasteiger partial charge in [-0.2, -0.15) is 0 Å². The van der Waals surface area contributed by atoms with Crippen LogP contribution in [0.2, 0.25) is 0 Å². The van der Waals surface area contributed by atoms with E-state index in [4.69, 9.17) is 18.9 Å². The molecule has 0 fully saturated rings. The van der Waals surface area contributed by atoms with Crippen molar-refractivity contribution in [3.8, 4) is 5.75 Å². The second-order valence-electron chi connectivity index (χ2n) is 9.00. The smallest absolute Gasteiger partial charge is 0.143 e. The minimum absolute atomic E-state index is 0.0512. The van der Waals surface area contributed by atoms with Gasteiger partial charge in [0.1, 0.15) is 11.4 Å². The average molecular weight is 513 g/mol. The fraction of sp³-hybridized carbons (Fsp3) is 0.273. The van der Waals surface area contributed by atoms with Gasteiger partial charge >= 0.3 is 0 Å². The standard InChI is InChI=1S/C33H36O5/c1-35-31-19-17-27(18-20-31)25-36-23-21-32(37-24-22-34)26-38-33(28-11-5-2-6-12-28,29-13-7-3-8-14-29)30-15-9-4-10-16-30/h2-20,32,34H,21-26H2,1H3.